The Kier molecular flexibility index (Phi) is 7.09. The fourth-order valence-electron chi connectivity index (χ4n) is 3.80. The number of nitrogens with zero attached hydrogens (tertiary/aromatic N) is 3. The number of rotatable bonds is 6. The average Bonchev–Trinajstić information content (AvgIpc) is 2.68. The Balaban J connectivity index is 1.53. The smallest absolute Gasteiger partial charge is 0.282 e. The van der Waals surface area contributed by atoms with Crippen molar-refractivity contribution in [3.05, 3.63) is 29.8 Å². The second-order valence-electron chi connectivity index (χ2n) is 7.72. The maximum Gasteiger partial charge on any atom is 0.282 e. The molecule has 2 aliphatic rings. The molecule has 2 aliphatic heterocycles. The van der Waals surface area contributed by atoms with Crippen LogP contribution >= 0.6 is 0 Å². The van der Waals surface area contributed by atoms with Crippen LogP contribution in [0.15, 0.2) is 24.3 Å². The highest BCUT2D eigenvalue weighted by Crippen LogP contribution is 2.19. The number of hydrogen-bond donors (Lipinski definition) is 2. The first kappa shape index (κ1) is 22.6. The number of amides is 2. The van der Waals surface area contributed by atoms with Gasteiger partial charge in [-0.15, -0.1) is 0 Å². The summed E-state index contributed by atoms with van der Waals surface area (Å²) in [5, 5.41) is 2.71. The third-order valence-corrected chi connectivity index (χ3v) is 7.17. The molecule has 0 saturated carbocycles. The van der Waals surface area contributed by atoms with E-state index in [4.69, 9.17) is 10.5 Å². The van der Waals surface area contributed by atoms with Gasteiger partial charge in [0.15, 0.2) is 0 Å². The molecule has 2 saturated heterocycles. The molecule has 3 rings (SSSR count). The number of hydrogen-bond acceptors (Lipinski definition) is 6. The number of anilines is 1. The highest BCUT2D eigenvalue weighted by Gasteiger charge is 2.36. The highest BCUT2D eigenvalue weighted by molar-refractivity contribution is 7.86. The van der Waals surface area contributed by atoms with Gasteiger partial charge in [0.2, 0.25) is 5.91 Å². The molecule has 0 aliphatic carbocycles. The van der Waals surface area contributed by atoms with Gasteiger partial charge in [0.05, 0.1) is 30.0 Å². The Bertz CT molecular complexity index is 875. The lowest BCUT2D eigenvalue weighted by molar-refractivity contribution is -0.117. The Morgan fingerprint density at radius 3 is 2.27 bits per heavy atom. The van der Waals surface area contributed by atoms with Gasteiger partial charge >= 0.3 is 0 Å². The van der Waals surface area contributed by atoms with Crippen molar-refractivity contribution >= 4 is 27.7 Å². The Morgan fingerprint density at radius 1 is 1.07 bits per heavy atom. The lowest BCUT2D eigenvalue weighted by atomic mass is 10.1. The van der Waals surface area contributed by atoms with Crippen molar-refractivity contribution in [2.75, 3.05) is 51.1 Å². The van der Waals surface area contributed by atoms with Gasteiger partial charge in [-0.2, -0.15) is 17.0 Å². The molecule has 2 heterocycles. The molecule has 11 heteroatoms. The zero-order chi connectivity index (χ0) is 21.9. The minimum atomic E-state index is -3.56. The molecule has 2 fully saturated rings. The number of carbonyl (C=O) groups excluding carboxylic acids is 2. The summed E-state index contributed by atoms with van der Waals surface area (Å²) in [6.07, 6.45) is -0.284. The number of benzene rings is 1. The van der Waals surface area contributed by atoms with E-state index in [-0.39, 0.29) is 30.2 Å². The third-order valence-electron chi connectivity index (χ3n) is 5.20. The van der Waals surface area contributed by atoms with Gasteiger partial charge in [-0.1, -0.05) is 12.1 Å². The molecule has 1 aromatic rings. The number of primary amides is 1. The summed E-state index contributed by atoms with van der Waals surface area (Å²) >= 11 is 0. The number of para-hydroxylation sites is 1. The van der Waals surface area contributed by atoms with E-state index in [2.05, 4.69) is 5.32 Å². The molecule has 30 heavy (non-hydrogen) atoms. The fraction of sp³-hybridized carbons (Fsp3) is 0.579. The quantitative estimate of drug-likeness (QED) is 0.627. The molecule has 2 atom stereocenters. The van der Waals surface area contributed by atoms with Gasteiger partial charge in [-0.05, 0) is 26.0 Å². The van der Waals surface area contributed by atoms with Crippen molar-refractivity contribution in [2.45, 2.75) is 26.1 Å². The Labute approximate surface area is 177 Å². The standard InChI is InChI=1S/C19H29N5O5S/c1-14-11-24(12-15(2)29-14)30(27,28)23-9-7-22(8-10-23)13-18(25)21-17-6-4-3-5-16(17)19(20)26/h3-6,14-15H,7-13H2,1-2H3,(H2,20,26)(H,21,25)/t14-,15+. The van der Waals surface area contributed by atoms with E-state index in [1.54, 1.807) is 24.3 Å². The summed E-state index contributed by atoms with van der Waals surface area (Å²) in [6.45, 7) is 6.03. The summed E-state index contributed by atoms with van der Waals surface area (Å²) in [7, 11) is -3.56. The van der Waals surface area contributed by atoms with Crippen molar-refractivity contribution in [1.82, 2.24) is 13.5 Å². The first-order valence-electron chi connectivity index (χ1n) is 9.98. The molecule has 3 N–H and O–H groups in total. The zero-order valence-corrected chi connectivity index (χ0v) is 18.1. The minimum absolute atomic E-state index is 0.104. The van der Waals surface area contributed by atoms with Crippen molar-refractivity contribution in [3.8, 4) is 0 Å². The first-order valence-corrected chi connectivity index (χ1v) is 11.4. The molecular weight excluding hydrogens is 410 g/mol. The van der Waals surface area contributed by atoms with Crippen LogP contribution in [0.25, 0.3) is 0 Å². The molecule has 10 nitrogen and oxygen atoms in total. The maximum absolute atomic E-state index is 13.0. The molecule has 0 radical (unpaired) electrons. The van der Waals surface area contributed by atoms with Crippen molar-refractivity contribution in [1.29, 1.82) is 0 Å². The zero-order valence-electron chi connectivity index (χ0n) is 17.3. The normalized spacial score (nSPS) is 24.5. The van der Waals surface area contributed by atoms with Crippen LogP contribution < -0.4 is 11.1 Å². The molecule has 0 unspecified atom stereocenters. The van der Waals surface area contributed by atoms with Gasteiger partial charge in [0.25, 0.3) is 16.1 Å². The topological polar surface area (TPSA) is 125 Å². The van der Waals surface area contributed by atoms with Crippen LogP contribution in [0.4, 0.5) is 5.69 Å². The molecular formula is C19H29N5O5S. The van der Waals surface area contributed by atoms with Gasteiger partial charge in [-0.25, -0.2) is 0 Å². The first-order chi connectivity index (χ1) is 14.2. The number of carbonyl (C=O) groups is 2. The molecule has 0 aromatic heterocycles. The lowest BCUT2D eigenvalue weighted by Crippen LogP contribution is -2.57. The van der Waals surface area contributed by atoms with E-state index in [9.17, 15) is 18.0 Å². The van der Waals surface area contributed by atoms with E-state index in [1.807, 2.05) is 18.7 Å². The summed E-state index contributed by atoms with van der Waals surface area (Å²) < 4.78 is 34.5. The summed E-state index contributed by atoms with van der Waals surface area (Å²) in [5.41, 5.74) is 5.95. The lowest BCUT2D eigenvalue weighted by Gasteiger charge is -2.40. The number of piperazine rings is 1. The highest BCUT2D eigenvalue weighted by atomic mass is 32.2. The second-order valence-corrected chi connectivity index (χ2v) is 9.64. The Morgan fingerprint density at radius 2 is 1.67 bits per heavy atom. The van der Waals surface area contributed by atoms with Crippen LogP contribution in [0, 0.1) is 0 Å². The fourth-order valence-corrected chi connectivity index (χ4v) is 5.55. The summed E-state index contributed by atoms with van der Waals surface area (Å²) in [4.78, 5) is 25.8. The molecule has 0 spiro atoms. The van der Waals surface area contributed by atoms with E-state index in [0.717, 1.165) is 0 Å². The van der Waals surface area contributed by atoms with Crippen LogP contribution in [-0.4, -0.2) is 91.8 Å². The number of ether oxygens (including phenoxy) is 1. The molecule has 1 aromatic carbocycles. The van der Waals surface area contributed by atoms with Gasteiger partial charge in [-0.3, -0.25) is 14.5 Å². The molecule has 166 valence electrons. The summed E-state index contributed by atoms with van der Waals surface area (Å²) in [5.74, 6) is -0.896. The van der Waals surface area contributed by atoms with Crippen LogP contribution in [0.5, 0.6) is 0 Å². The van der Waals surface area contributed by atoms with Crippen molar-refractivity contribution < 1.29 is 22.7 Å². The minimum Gasteiger partial charge on any atom is -0.373 e. The largest absolute Gasteiger partial charge is 0.373 e. The monoisotopic (exact) mass is 439 g/mol. The summed E-state index contributed by atoms with van der Waals surface area (Å²) in [6, 6.07) is 6.55. The maximum atomic E-state index is 13.0. The van der Waals surface area contributed by atoms with E-state index in [1.165, 1.54) is 8.61 Å². The van der Waals surface area contributed by atoms with Crippen LogP contribution in [0.3, 0.4) is 0 Å². The van der Waals surface area contributed by atoms with E-state index >= 15 is 0 Å². The third kappa shape index (κ3) is 5.35. The van der Waals surface area contributed by atoms with Gasteiger partial charge in [0.1, 0.15) is 0 Å². The SMILES string of the molecule is C[C@@H]1CN(S(=O)(=O)N2CCN(CC(=O)Nc3ccccc3C(N)=O)CC2)C[C@H](C)O1. The molecule has 2 amide bonds. The van der Waals surface area contributed by atoms with Crippen molar-refractivity contribution in [2.24, 2.45) is 5.73 Å². The van der Waals surface area contributed by atoms with Crippen molar-refractivity contribution in [3.63, 3.8) is 0 Å². The number of nitrogens with one attached hydrogen (secondary N) is 1. The van der Waals surface area contributed by atoms with Crippen LogP contribution in [0.2, 0.25) is 0 Å². The van der Waals surface area contributed by atoms with Crippen LogP contribution in [0.1, 0.15) is 24.2 Å². The van der Waals surface area contributed by atoms with E-state index in [0.29, 0.717) is 45.0 Å². The average molecular weight is 440 g/mol. The molecule has 0 bridgehead atoms. The van der Waals surface area contributed by atoms with Crippen LogP contribution in [-0.2, 0) is 19.7 Å². The second kappa shape index (κ2) is 9.40. The van der Waals surface area contributed by atoms with Gasteiger partial charge < -0.3 is 15.8 Å². The predicted octanol–water partition coefficient (Wildman–Crippen LogP) is -0.304. The van der Waals surface area contributed by atoms with E-state index < -0.39 is 16.1 Å². The number of morpholine rings is 1. The van der Waals surface area contributed by atoms with Gasteiger partial charge in [0, 0.05) is 39.3 Å². The predicted molar refractivity (Wildman–Crippen MR) is 112 cm³/mol. The number of nitrogens with two attached hydrogens (primary N) is 1. The Hall–Kier alpha value is -2.05.